The molecular weight excluding hydrogens is 395 g/mol. The van der Waals surface area contributed by atoms with Crippen LogP contribution in [0.15, 0.2) is 35.5 Å². The molecule has 1 aromatic heterocycles. The van der Waals surface area contributed by atoms with Gasteiger partial charge in [0, 0.05) is 11.3 Å². The lowest BCUT2D eigenvalue weighted by molar-refractivity contribution is -0.385. The lowest BCUT2D eigenvalue weighted by atomic mass is 9.90. The summed E-state index contributed by atoms with van der Waals surface area (Å²) < 4.78 is 52.4. The van der Waals surface area contributed by atoms with Crippen LogP contribution in [0.1, 0.15) is 5.56 Å². The molecule has 29 heavy (non-hydrogen) atoms. The van der Waals surface area contributed by atoms with Crippen LogP contribution in [0.4, 0.5) is 30.4 Å². The van der Waals surface area contributed by atoms with Gasteiger partial charge in [0.2, 0.25) is 0 Å². The van der Waals surface area contributed by atoms with Crippen molar-refractivity contribution in [3.63, 3.8) is 0 Å². The first kappa shape index (κ1) is 20.3. The molecule has 1 aromatic carbocycles. The fraction of sp³-hybridized carbons (Fsp3) is 0.294. The average Bonchev–Trinajstić information content (AvgIpc) is 2.69. The molecule has 0 aliphatic carbocycles. The molecular formula is C17H16F3N5O4. The van der Waals surface area contributed by atoms with Crippen LogP contribution in [0.25, 0.3) is 0 Å². The van der Waals surface area contributed by atoms with E-state index in [1.54, 1.807) is 0 Å². The summed E-state index contributed by atoms with van der Waals surface area (Å²) in [7, 11) is 1.28. The molecule has 0 amide bonds. The summed E-state index contributed by atoms with van der Waals surface area (Å²) in [6.45, 7) is -0.678. The molecule has 3 rings (SSSR count). The van der Waals surface area contributed by atoms with Gasteiger partial charge in [-0.25, -0.2) is 18.2 Å². The van der Waals surface area contributed by atoms with Crippen LogP contribution in [0.5, 0.6) is 5.75 Å². The molecule has 2 aromatic rings. The van der Waals surface area contributed by atoms with E-state index >= 15 is 0 Å². The first-order valence-electron chi connectivity index (χ1n) is 8.22. The van der Waals surface area contributed by atoms with Crippen molar-refractivity contribution in [3.8, 4) is 5.75 Å². The van der Waals surface area contributed by atoms with Crippen molar-refractivity contribution >= 4 is 23.0 Å². The summed E-state index contributed by atoms with van der Waals surface area (Å²) in [6.07, 6.45) is -2.09. The van der Waals surface area contributed by atoms with Crippen LogP contribution >= 0.6 is 0 Å². The van der Waals surface area contributed by atoms with E-state index < -0.39 is 34.9 Å². The highest BCUT2D eigenvalue weighted by Gasteiger charge is 2.46. The van der Waals surface area contributed by atoms with E-state index in [4.69, 9.17) is 15.2 Å². The number of rotatable bonds is 6. The van der Waals surface area contributed by atoms with E-state index in [1.807, 2.05) is 0 Å². The highest BCUT2D eigenvalue weighted by atomic mass is 19.3. The summed E-state index contributed by atoms with van der Waals surface area (Å²) >= 11 is 0. The zero-order chi connectivity index (χ0) is 21.2. The number of nitro groups is 1. The Morgan fingerprint density at radius 1 is 1.41 bits per heavy atom. The molecule has 2 heterocycles. The third kappa shape index (κ3) is 3.92. The van der Waals surface area contributed by atoms with Gasteiger partial charge in [-0.15, -0.1) is 0 Å². The molecule has 0 unspecified atom stereocenters. The van der Waals surface area contributed by atoms with E-state index in [1.165, 1.54) is 13.2 Å². The molecule has 0 saturated heterocycles. The van der Waals surface area contributed by atoms with Gasteiger partial charge in [-0.05, 0) is 18.2 Å². The number of ether oxygens (including phenoxy) is 2. The Morgan fingerprint density at radius 3 is 2.79 bits per heavy atom. The van der Waals surface area contributed by atoms with Crippen LogP contribution in [0, 0.1) is 15.9 Å². The Bertz CT molecular complexity index is 972. The van der Waals surface area contributed by atoms with Gasteiger partial charge in [0.25, 0.3) is 12.1 Å². The van der Waals surface area contributed by atoms with Gasteiger partial charge in [0.1, 0.15) is 24.5 Å². The zero-order valence-electron chi connectivity index (χ0n) is 15.1. The quantitative estimate of drug-likeness (QED) is 0.553. The Morgan fingerprint density at radius 2 is 2.17 bits per heavy atom. The number of nitrogens with zero attached hydrogens (tertiary/aromatic N) is 3. The monoisotopic (exact) mass is 411 g/mol. The molecule has 1 atom stereocenters. The minimum Gasteiger partial charge on any atom is -0.493 e. The van der Waals surface area contributed by atoms with Crippen molar-refractivity contribution in [2.24, 2.45) is 10.7 Å². The molecule has 0 bridgehead atoms. The minimum atomic E-state index is -3.09. The highest BCUT2D eigenvalue weighted by molar-refractivity contribution is 5.82. The van der Waals surface area contributed by atoms with Gasteiger partial charge >= 0.3 is 0 Å². The summed E-state index contributed by atoms with van der Waals surface area (Å²) in [6, 6.07) is 4.55. The Labute approximate surface area is 162 Å². The second-order valence-electron chi connectivity index (χ2n) is 6.14. The maximum absolute atomic E-state index is 14.5. The van der Waals surface area contributed by atoms with Crippen LogP contribution < -0.4 is 15.8 Å². The number of nitrogens with one attached hydrogen (secondary N) is 1. The van der Waals surface area contributed by atoms with Gasteiger partial charge in [-0.1, -0.05) is 0 Å². The van der Waals surface area contributed by atoms with Crippen LogP contribution in [-0.2, 0) is 10.3 Å². The average molecular weight is 411 g/mol. The molecule has 0 fully saturated rings. The zero-order valence-corrected chi connectivity index (χ0v) is 15.1. The molecule has 9 nitrogen and oxygen atoms in total. The van der Waals surface area contributed by atoms with Crippen molar-refractivity contribution in [3.05, 3.63) is 52.0 Å². The number of nitrogens with two attached hydrogens (primary N) is 1. The third-order valence-corrected chi connectivity index (χ3v) is 4.24. The van der Waals surface area contributed by atoms with Gasteiger partial charge in [-0.3, -0.25) is 15.1 Å². The van der Waals surface area contributed by atoms with Crippen LogP contribution in [0.3, 0.4) is 0 Å². The SMILES string of the molecule is COc1cc([N+](=O)[O-])cnc1Nc1ccc(F)c([C@]2(C(F)F)COCC(N)=N2)c1. The van der Waals surface area contributed by atoms with Gasteiger partial charge in [-0.2, -0.15) is 0 Å². The Balaban J connectivity index is 2.02. The number of methoxy groups -OCH3 is 1. The van der Waals surface area contributed by atoms with Crippen molar-refractivity contribution < 1.29 is 27.6 Å². The number of aliphatic imine (C=N–C) groups is 1. The molecule has 0 spiro atoms. The molecule has 0 saturated carbocycles. The second-order valence-corrected chi connectivity index (χ2v) is 6.14. The number of hydrogen-bond acceptors (Lipinski definition) is 8. The number of halogens is 3. The highest BCUT2D eigenvalue weighted by Crippen LogP contribution is 2.38. The number of pyridine rings is 1. The molecule has 1 aliphatic heterocycles. The molecule has 154 valence electrons. The maximum atomic E-state index is 14.5. The third-order valence-electron chi connectivity index (χ3n) is 4.24. The van der Waals surface area contributed by atoms with E-state index in [0.717, 1.165) is 24.4 Å². The first-order chi connectivity index (χ1) is 13.8. The molecule has 3 N–H and O–H groups in total. The largest absolute Gasteiger partial charge is 0.493 e. The van der Waals surface area contributed by atoms with Crippen molar-refractivity contribution in [1.82, 2.24) is 4.98 Å². The van der Waals surface area contributed by atoms with Crippen molar-refractivity contribution in [2.45, 2.75) is 12.0 Å². The van der Waals surface area contributed by atoms with Crippen molar-refractivity contribution in [1.29, 1.82) is 0 Å². The lowest BCUT2D eigenvalue weighted by Gasteiger charge is -2.33. The van der Waals surface area contributed by atoms with Gasteiger partial charge < -0.3 is 20.5 Å². The second kappa shape index (κ2) is 7.91. The Kier molecular flexibility index (Phi) is 5.55. The summed E-state index contributed by atoms with van der Waals surface area (Å²) in [4.78, 5) is 17.9. The number of benzene rings is 1. The first-order valence-corrected chi connectivity index (χ1v) is 8.22. The fourth-order valence-electron chi connectivity index (χ4n) is 2.85. The van der Waals surface area contributed by atoms with Gasteiger partial charge in [0.05, 0.1) is 24.7 Å². The number of hydrogen-bond donors (Lipinski definition) is 2. The summed E-state index contributed by atoms with van der Waals surface area (Å²) in [5, 5.41) is 13.6. The molecule has 12 heteroatoms. The Hall–Kier alpha value is -3.41. The number of alkyl halides is 2. The molecule has 1 aliphatic rings. The number of aromatic nitrogens is 1. The normalized spacial score (nSPS) is 19.0. The summed E-state index contributed by atoms with van der Waals surface area (Å²) in [5.41, 5.74) is 2.72. The number of anilines is 2. The smallest absolute Gasteiger partial charge is 0.291 e. The molecule has 0 radical (unpaired) electrons. The predicted molar refractivity (Wildman–Crippen MR) is 97.2 cm³/mol. The lowest BCUT2D eigenvalue weighted by Crippen LogP contribution is -2.45. The summed E-state index contributed by atoms with van der Waals surface area (Å²) in [5.74, 6) is -0.976. The van der Waals surface area contributed by atoms with E-state index in [0.29, 0.717) is 0 Å². The topological polar surface area (TPSA) is 125 Å². The van der Waals surface area contributed by atoms with Crippen LogP contribution in [0.2, 0.25) is 0 Å². The van der Waals surface area contributed by atoms with Crippen LogP contribution in [-0.4, -0.2) is 42.5 Å². The number of amidine groups is 1. The maximum Gasteiger partial charge on any atom is 0.291 e. The minimum absolute atomic E-state index is 0.0388. The van der Waals surface area contributed by atoms with Crippen molar-refractivity contribution in [2.75, 3.05) is 25.6 Å². The van der Waals surface area contributed by atoms with E-state index in [9.17, 15) is 23.3 Å². The van der Waals surface area contributed by atoms with Gasteiger partial charge in [0.15, 0.2) is 17.1 Å². The van der Waals surface area contributed by atoms with E-state index in [2.05, 4.69) is 15.3 Å². The fourth-order valence-corrected chi connectivity index (χ4v) is 2.85. The standard InChI is InChI=1S/C17H16F3N5O4/c1-28-13-5-10(25(26)27)6-22-15(13)23-9-2-3-12(18)11(4-9)17(16(19)20)8-29-7-14(21)24-17/h2-6,16H,7-8H2,1H3,(H2,21,24)(H,22,23)/t17-/m0/s1. The predicted octanol–water partition coefficient (Wildman–Crippen LogP) is 2.73. The van der Waals surface area contributed by atoms with E-state index in [-0.39, 0.29) is 35.4 Å².